The lowest BCUT2D eigenvalue weighted by Gasteiger charge is -2.26. The number of halogens is 2. The second kappa shape index (κ2) is 5.09. The van der Waals surface area contributed by atoms with Crippen molar-refractivity contribution < 1.29 is 0 Å². The van der Waals surface area contributed by atoms with Gasteiger partial charge in [-0.1, -0.05) is 48.3 Å². The molecule has 1 heterocycles. The van der Waals surface area contributed by atoms with E-state index in [-0.39, 0.29) is 5.41 Å². The molecule has 0 aliphatic heterocycles. The van der Waals surface area contributed by atoms with Crippen LogP contribution in [-0.4, -0.2) is 14.6 Å². The molecular formula is C12H20BrClN2. The third-order valence-electron chi connectivity index (χ3n) is 2.74. The Balaban J connectivity index is 2.87. The van der Waals surface area contributed by atoms with Gasteiger partial charge in [0.1, 0.15) is 0 Å². The summed E-state index contributed by atoms with van der Waals surface area (Å²) in [7, 11) is 1.96. The number of alkyl halides is 1. The standard InChI is InChI=1S/C12H20BrClN2/c1-8(13)6-12(3,4)7-10-11(14)9(2)15-16(10)5/h8H,6-7H2,1-5H3. The maximum atomic E-state index is 6.26. The van der Waals surface area contributed by atoms with E-state index in [1.165, 1.54) is 0 Å². The molecule has 2 nitrogen and oxygen atoms in total. The third-order valence-corrected chi connectivity index (χ3v) is 3.56. The van der Waals surface area contributed by atoms with Gasteiger partial charge in [-0.15, -0.1) is 0 Å². The average Bonchev–Trinajstić information content (AvgIpc) is 2.29. The van der Waals surface area contributed by atoms with Gasteiger partial charge in [-0.05, 0) is 25.2 Å². The molecule has 0 amide bonds. The van der Waals surface area contributed by atoms with Crippen molar-refractivity contribution in [3.8, 4) is 0 Å². The molecule has 0 saturated carbocycles. The van der Waals surface area contributed by atoms with Crippen molar-refractivity contribution in [3.63, 3.8) is 0 Å². The van der Waals surface area contributed by atoms with Gasteiger partial charge < -0.3 is 0 Å². The Kier molecular flexibility index (Phi) is 4.47. The Bertz CT molecular complexity index is 369. The molecule has 1 aromatic rings. The highest BCUT2D eigenvalue weighted by atomic mass is 79.9. The minimum atomic E-state index is 0.229. The van der Waals surface area contributed by atoms with E-state index in [4.69, 9.17) is 11.6 Å². The molecule has 1 unspecified atom stereocenters. The molecule has 92 valence electrons. The summed E-state index contributed by atoms with van der Waals surface area (Å²) >= 11 is 9.87. The van der Waals surface area contributed by atoms with Crippen molar-refractivity contribution in [2.75, 3.05) is 0 Å². The number of hydrogen-bond acceptors (Lipinski definition) is 1. The van der Waals surface area contributed by atoms with E-state index in [0.29, 0.717) is 4.83 Å². The van der Waals surface area contributed by atoms with E-state index in [1.54, 1.807) is 0 Å². The summed E-state index contributed by atoms with van der Waals surface area (Å²) in [5, 5.41) is 5.16. The van der Waals surface area contributed by atoms with Gasteiger partial charge in [-0.25, -0.2) is 0 Å². The summed E-state index contributed by atoms with van der Waals surface area (Å²) in [6.07, 6.45) is 2.08. The SMILES string of the molecule is Cc1nn(C)c(CC(C)(C)CC(C)Br)c1Cl. The van der Waals surface area contributed by atoms with Gasteiger partial charge in [0.25, 0.3) is 0 Å². The van der Waals surface area contributed by atoms with Crippen molar-refractivity contribution in [3.05, 3.63) is 16.4 Å². The van der Waals surface area contributed by atoms with Gasteiger partial charge in [-0.2, -0.15) is 5.10 Å². The van der Waals surface area contributed by atoms with E-state index in [9.17, 15) is 0 Å². The Hall–Kier alpha value is -0.0200. The van der Waals surface area contributed by atoms with E-state index >= 15 is 0 Å². The van der Waals surface area contributed by atoms with Crippen LogP contribution in [0.2, 0.25) is 5.02 Å². The molecule has 0 radical (unpaired) electrons. The minimum Gasteiger partial charge on any atom is -0.271 e. The Labute approximate surface area is 111 Å². The second-order valence-electron chi connectivity index (χ2n) is 5.30. The summed E-state index contributed by atoms with van der Waals surface area (Å²) < 4.78 is 1.90. The topological polar surface area (TPSA) is 17.8 Å². The minimum absolute atomic E-state index is 0.229. The fraction of sp³-hybridized carbons (Fsp3) is 0.750. The molecule has 4 heteroatoms. The van der Waals surface area contributed by atoms with E-state index in [2.05, 4.69) is 41.8 Å². The van der Waals surface area contributed by atoms with Crippen LogP contribution in [-0.2, 0) is 13.5 Å². The summed E-state index contributed by atoms with van der Waals surface area (Å²) in [5.41, 5.74) is 2.28. The fourth-order valence-corrected chi connectivity index (χ4v) is 3.26. The van der Waals surface area contributed by atoms with Crippen LogP contribution in [0.4, 0.5) is 0 Å². The van der Waals surface area contributed by atoms with Gasteiger partial charge in [0.2, 0.25) is 0 Å². The molecule has 0 fully saturated rings. The van der Waals surface area contributed by atoms with E-state index in [1.807, 2.05) is 18.7 Å². The molecule has 16 heavy (non-hydrogen) atoms. The lowest BCUT2D eigenvalue weighted by molar-refractivity contribution is 0.326. The molecule has 0 bridgehead atoms. The maximum absolute atomic E-state index is 6.26. The van der Waals surface area contributed by atoms with Gasteiger partial charge in [-0.3, -0.25) is 4.68 Å². The first kappa shape index (κ1) is 14.0. The predicted molar refractivity (Wildman–Crippen MR) is 73.4 cm³/mol. The second-order valence-corrected chi connectivity index (χ2v) is 7.24. The monoisotopic (exact) mass is 306 g/mol. The first-order chi connectivity index (χ1) is 7.23. The summed E-state index contributed by atoms with van der Waals surface area (Å²) in [6.45, 7) is 8.66. The molecule has 1 atom stereocenters. The average molecular weight is 308 g/mol. The van der Waals surface area contributed by atoms with Crippen molar-refractivity contribution >= 4 is 27.5 Å². The smallest absolute Gasteiger partial charge is 0.0847 e. The van der Waals surface area contributed by atoms with Crippen LogP contribution < -0.4 is 0 Å². The summed E-state index contributed by atoms with van der Waals surface area (Å²) in [5.74, 6) is 0. The van der Waals surface area contributed by atoms with Crippen molar-refractivity contribution in [2.24, 2.45) is 12.5 Å². The number of hydrogen-bond donors (Lipinski definition) is 0. The predicted octanol–water partition coefficient (Wildman–Crippen LogP) is 4.12. The van der Waals surface area contributed by atoms with E-state index < -0.39 is 0 Å². The molecule has 0 saturated heterocycles. The zero-order chi connectivity index (χ0) is 12.5. The Morgan fingerprint density at radius 3 is 2.44 bits per heavy atom. The Morgan fingerprint density at radius 1 is 1.50 bits per heavy atom. The van der Waals surface area contributed by atoms with Crippen LogP contribution in [0, 0.1) is 12.3 Å². The fourth-order valence-electron chi connectivity index (χ4n) is 2.16. The highest BCUT2D eigenvalue weighted by molar-refractivity contribution is 9.09. The number of aryl methyl sites for hydroxylation is 2. The molecule has 0 aliphatic carbocycles. The number of nitrogens with zero attached hydrogens (tertiary/aromatic N) is 2. The third kappa shape index (κ3) is 3.49. The molecule has 0 aliphatic rings. The van der Waals surface area contributed by atoms with Crippen LogP contribution in [0.1, 0.15) is 38.6 Å². The van der Waals surface area contributed by atoms with Gasteiger partial charge in [0.15, 0.2) is 0 Å². The van der Waals surface area contributed by atoms with Gasteiger partial charge in [0, 0.05) is 11.9 Å². The lowest BCUT2D eigenvalue weighted by atomic mass is 9.83. The van der Waals surface area contributed by atoms with Crippen LogP contribution in [0.15, 0.2) is 0 Å². The van der Waals surface area contributed by atoms with Crippen LogP contribution in [0.3, 0.4) is 0 Å². The van der Waals surface area contributed by atoms with Crippen molar-refractivity contribution in [1.29, 1.82) is 0 Å². The molecule has 0 N–H and O–H groups in total. The van der Waals surface area contributed by atoms with E-state index in [0.717, 1.165) is 29.3 Å². The molecule has 1 rings (SSSR count). The number of rotatable bonds is 4. The van der Waals surface area contributed by atoms with Crippen molar-refractivity contribution in [1.82, 2.24) is 9.78 Å². The normalized spacial score (nSPS) is 14.2. The van der Waals surface area contributed by atoms with Crippen LogP contribution in [0.5, 0.6) is 0 Å². The van der Waals surface area contributed by atoms with Gasteiger partial charge >= 0.3 is 0 Å². The summed E-state index contributed by atoms with van der Waals surface area (Å²) in [6, 6.07) is 0. The Morgan fingerprint density at radius 2 is 2.06 bits per heavy atom. The van der Waals surface area contributed by atoms with Crippen molar-refractivity contribution in [2.45, 2.75) is 45.4 Å². The van der Waals surface area contributed by atoms with Gasteiger partial charge in [0.05, 0.1) is 16.4 Å². The summed E-state index contributed by atoms with van der Waals surface area (Å²) in [4.78, 5) is 0.524. The van der Waals surface area contributed by atoms with Crippen LogP contribution >= 0.6 is 27.5 Å². The zero-order valence-corrected chi connectivity index (χ0v) is 13.0. The number of aromatic nitrogens is 2. The highest BCUT2D eigenvalue weighted by Gasteiger charge is 2.24. The van der Waals surface area contributed by atoms with Crippen LogP contribution in [0.25, 0.3) is 0 Å². The molecule has 0 aromatic carbocycles. The maximum Gasteiger partial charge on any atom is 0.0847 e. The first-order valence-electron chi connectivity index (χ1n) is 5.55. The lowest BCUT2D eigenvalue weighted by Crippen LogP contribution is -2.20. The first-order valence-corrected chi connectivity index (χ1v) is 6.84. The zero-order valence-electron chi connectivity index (χ0n) is 10.6. The molecule has 1 aromatic heterocycles. The molecule has 0 spiro atoms. The molecular weight excluding hydrogens is 288 g/mol. The largest absolute Gasteiger partial charge is 0.271 e. The highest BCUT2D eigenvalue weighted by Crippen LogP contribution is 2.32. The quantitative estimate of drug-likeness (QED) is 0.765.